The number of aromatic amines is 1. The molecule has 4 N–H and O–H groups in total. The van der Waals surface area contributed by atoms with Gasteiger partial charge in [-0.2, -0.15) is 5.10 Å². The zero-order chi connectivity index (χ0) is 26.2. The molecule has 1 aliphatic carbocycles. The van der Waals surface area contributed by atoms with E-state index in [-0.39, 0.29) is 34.8 Å². The van der Waals surface area contributed by atoms with E-state index in [2.05, 4.69) is 25.8 Å². The number of carbonyl (C=O) groups excluding carboxylic acids is 3. The van der Waals surface area contributed by atoms with Gasteiger partial charge in [0, 0.05) is 36.0 Å². The van der Waals surface area contributed by atoms with Crippen LogP contribution in [0.3, 0.4) is 0 Å². The molecule has 0 unspecified atom stereocenters. The number of anilines is 1. The van der Waals surface area contributed by atoms with E-state index in [9.17, 15) is 19.5 Å². The first-order chi connectivity index (χ1) is 17.9. The molecular weight excluding hydrogens is 482 g/mol. The highest BCUT2D eigenvalue weighted by molar-refractivity contribution is 5.91. The fraction of sp³-hybridized carbons (Fsp3) is 0.320. The highest BCUT2D eigenvalue weighted by Gasteiger charge is 2.30. The van der Waals surface area contributed by atoms with Crippen LogP contribution in [-0.2, 0) is 16.1 Å². The third kappa shape index (κ3) is 6.75. The maximum Gasteiger partial charge on any atom is 0.407 e. The summed E-state index contributed by atoms with van der Waals surface area (Å²) in [6.07, 6.45) is 3.51. The van der Waals surface area contributed by atoms with Gasteiger partial charge in [0.25, 0.3) is 5.91 Å². The van der Waals surface area contributed by atoms with Crippen molar-refractivity contribution in [2.75, 3.05) is 19.0 Å². The van der Waals surface area contributed by atoms with Crippen LogP contribution in [0.25, 0.3) is 0 Å². The number of H-pyrrole nitrogens is 1. The van der Waals surface area contributed by atoms with Gasteiger partial charge in [0.05, 0.1) is 24.9 Å². The molecule has 12 nitrogen and oxygen atoms in total. The van der Waals surface area contributed by atoms with Gasteiger partial charge in [-0.05, 0) is 31.4 Å². The van der Waals surface area contributed by atoms with Crippen LogP contribution in [0.2, 0.25) is 0 Å². The van der Waals surface area contributed by atoms with E-state index in [0.29, 0.717) is 31.5 Å². The van der Waals surface area contributed by atoms with E-state index in [0.717, 1.165) is 17.8 Å². The minimum atomic E-state index is -0.505. The average Bonchev–Trinajstić information content (AvgIpc) is 3.56. The molecule has 0 spiro atoms. The number of phenols is 1. The predicted octanol–water partition coefficient (Wildman–Crippen LogP) is 2.91. The van der Waals surface area contributed by atoms with Crippen LogP contribution >= 0.6 is 0 Å². The topological polar surface area (TPSA) is 165 Å². The number of aldehydes is 1. The number of benzene rings is 1. The highest BCUT2D eigenvalue weighted by atomic mass is 16.6. The second-order valence-corrected chi connectivity index (χ2v) is 8.43. The molecule has 0 radical (unpaired) electrons. The largest absolute Gasteiger partial charge is 0.507 e. The Hall–Kier alpha value is -4.61. The molecule has 37 heavy (non-hydrogen) atoms. The molecule has 3 aromatic rings. The Morgan fingerprint density at radius 1 is 1.24 bits per heavy atom. The Bertz CT molecular complexity index is 1250. The smallest absolute Gasteiger partial charge is 0.407 e. The second-order valence-electron chi connectivity index (χ2n) is 8.43. The minimum absolute atomic E-state index is 0.0192. The number of hydrogen-bond acceptors (Lipinski definition) is 9. The van der Waals surface area contributed by atoms with Gasteiger partial charge in [-0.15, -0.1) is 0 Å². The van der Waals surface area contributed by atoms with Gasteiger partial charge in [0.15, 0.2) is 18.7 Å². The van der Waals surface area contributed by atoms with Gasteiger partial charge >= 0.3 is 6.09 Å². The van der Waals surface area contributed by atoms with Gasteiger partial charge in [-0.1, -0.05) is 6.07 Å². The van der Waals surface area contributed by atoms with Crippen LogP contribution in [0.4, 0.5) is 10.6 Å². The lowest BCUT2D eigenvalue weighted by Crippen LogP contribution is -2.27. The van der Waals surface area contributed by atoms with Gasteiger partial charge in [0.1, 0.15) is 23.4 Å². The van der Waals surface area contributed by atoms with Gasteiger partial charge < -0.3 is 30.0 Å². The molecular formula is C25H27N5O7. The number of hydrogen-bond donors (Lipinski definition) is 4. The Kier molecular flexibility index (Phi) is 8.18. The second kappa shape index (κ2) is 11.9. The fourth-order valence-corrected chi connectivity index (χ4v) is 4.06. The number of methoxy groups -OCH3 is 1. The molecule has 0 bridgehead atoms. The molecule has 0 aliphatic heterocycles. The number of alkyl carbamates (subject to hydrolysis) is 1. The number of aromatic nitrogens is 3. The molecule has 1 fully saturated rings. The zero-order valence-corrected chi connectivity index (χ0v) is 20.1. The van der Waals surface area contributed by atoms with Crippen molar-refractivity contribution < 1.29 is 33.7 Å². The summed E-state index contributed by atoms with van der Waals surface area (Å²) in [6, 6.07) is 9.87. The summed E-state index contributed by atoms with van der Waals surface area (Å²) in [5.74, 6) is -0.116. The van der Waals surface area contributed by atoms with E-state index < -0.39 is 18.6 Å². The third-order valence-corrected chi connectivity index (χ3v) is 5.91. The normalized spacial score (nSPS) is 16.6. The quantitative estimate of drug-likeness (QED) is 0.301. The summed E-state index contributed by atoms with van der Waals surface area (Å²) in [7, 11) is 1.40. The number of carbonyl (C=O) groups is 3. The fourth-order valence-electron chi connectivity index (χ4n) is 4.06. The van der Waals surface area contributed by atoms with E-state index in [1.54, 1.807) is 18.3 Å². The number of pyridine rings is 1. The molecule has 4 rings (SSSR count). The van der Waals surface area contributed by atoms with Gasteiger partial charge in [-0.3, -0.25) is 19.7 Å². The number of rotatable bonds is 10. The number of phenolic OH excluding ortho intramolecular Hbond substituents is 1. The molecule has 2 heterocycles. The van der Waals surface area contributed by atoms with E-state index in [4.69, 9.17) is 14.2 Å². The summed E-state index contributed by atoms with van der Waals surface area (Å²) in [5, 5.41) is 22.3. The maximum absolute atomic E-state index is 12.4. The molecule has 2 atom stereocenters. The first kappa shape index (κ1) is 25.5. The van der Waals surface area contributed by atoms with Crippen LogP contribution in [0, 0.1) is 0 Å². The standard InChI is InChI=1S/C25H27N5O7/c1-35-18-9-21(32)19(13-31)22(10-18)36-14-24(33)28-23-11-20(29-30-23)15-5-6-17(8-15)37-25(34)27-12-16-4-2-3-7-26-16/h2-4,7,9-11,13,15,17,32H,5-6,8,12,14H2,1H3,(H,27,34)(H2,28,29,30,33)/t15-,17+/m0/s1. The van der Waals surface area contributed by atoms with Crippen molar-refractivity contribution in [3.8, 4) is 17.2 Å². The summed E-state index contributed by atoms with van der Waals surface area (Å²) >= 11 is 0. The third-order valence-electron chi connectivity index (χ3n) is 5.91. The number of aromatic hydroxyl groups is 1. The molecule has 0 saturated heterocycles. The first-order valence-corrected chi connectivity index (χ1v) is 11.6. The van der Waals surface area contributed by atoms with Crippen LogP contribution in [-0.4, -0.2) is 58.4 Å². The lowest BCUT2D eigenvalue weighted by atomic mass is 10.0. The minimum Gasteiger partial charge on any atom is -0.507 e. The molecule has 194 valence electrons. The molecule has 2 aromatic heterocycles. The van der Waals surface area contributed by atoms with Crippen molar-refractivity contribution in [2.45, 2.75) is 37.8 Å². The zero-order valence-electron chi connectivity index (χ0n) is 20.1. The Labute approximate surface area is 212 Å². The van der Waals surface area contributed by atoms with Crippen molar-refractivity contribution in [3.63, 3.8) is 0 Å². The number of nitrogens with one attached hydrogen (secondary N) is 3. The lowest BCUT2D eigenvalue weighted by molar-refractivity contribution is -0.118. The molecule has 1 saturated carbocycles. The van der Waals surface area contributed by atoms with Crippen molar-refractivity contribution in [1.82, 2.24) is 20.5 Å². The predicted molar refractivity (Wildman–Crippen MR) is 131 cm³/mol. The monoisotopic (exact) mass is 509 g/mol. The highest BCUT2D eigenvalue weighted by Crippen LogP contribution is 2.36. The van der Waals surface area contributed by atoms with Crippen molar-refractivity contribution >= 4 is 24.1 Å². The van der Waals surface area contributed by atoms with Crippen molar-refractivity contribution in [1.29, 1.82) is 0 Å². The van der Waals surface area contributed by atoms with Crippen molar-refractivity contribution in [2.24, 2.45) is 0 Å². The molecule has 2 amide bonds. The number of nitrogens with zero attached hydrogens (tertiary/aromatic N) is 2. The SMILES string of the molecule is COc1cc(O)c(C=O)c(OCC(=O)Nc2cc([C@H]3CC[C@@H](OC(=O)NCc4ccccn4)C3)[nH]n2)c1. The summed E-state index contributed by atoms with van der Waals surface area (Å²) in [5.41, 5.74) is 1.48. The van der Waals surface area contributed by atoms with E-state index in [1.807, 2.05) is 12.1 Å². The average molecular weight is 510 g/mol. The van der Waals surface area contributed by atoms with Crippen LogP contribution in [0.15, 0.2) is 42.6 Å². The Morgan fingerprint density at radius 2 is 2.11 bits per heavy atom. The number of ether oxygens (including phenoxy) is 3. The first-order valence-electron chi connectivity index (χ1n) is 11.6. The molecule has 1 aromatic carbocycles. The van der Waals surface area contributed by atoms with Crippen LogP contribution in [0.1, 0.15) is 46.9 Å². The Morgan fingerprint density at radius 3 is 2.86 bits per heavy atom. The van der Waals surface area contributed by atoms with Gasteiger partial charge in [-0.25, -0.2) is 4.79 Å². The van der Waals surface area contributed by atoms with Crippen LogP contribution < -0.4 is 20.1 Å². The summed E-state index contributed by atoms with van der Waals surface area (Å²) in [6.45, 7) is -0.124. The molecule has 1 aliphatic rings. The lowest BCUT2D eigenvalue weighted by Gasteiger charge is -2.13. The summed E-state index contributed by atoms with van der Waals surface area (Å²) in [4.78, 5) is 39.9. The number of amides is 2. The van der Waals surface area contributed by atoms with Gasteiger partial charge in [0.2, 0.25) is 0 Å². The maximum atomic E-state index is 12.4. The van der Waals surface area contributed by atoms with Crippen molar-refractivity contribution in [3.05, 3.63) is 59.5 Å². The summed E-state index contributed by atoms with van der Waals surface area (Å²) < 4.78 is 16.0. The van der Waals surface area contributed by atoms with Crippen LogP contribution in [0.5, 0.6) is 17.2 Å². The Balaban J connectivity index is 1.24. The van der Waals surface area contributed by atoms with E-state index in [1.165, 1.54) is 19.2 Å². The molecule has 12 heteroatoms. The van der Waals surface area contributed by atoms with E-state index >= 15 is 0 Å².